The molecular formula is C23H28N4OS. The third kappa shape index (κ3) is 5.07. The van der Waals surface area contributed by atoms with Gasteiger partial charge in [0.25, 0.3) is 0 Å². The Hall–Kier alpha value is -2.60. The van der Waals surface area contributed by atoms with Crippen LogP contribution in [0.3, 0.4) is 0 Å². The molecule has 1 atom stereocenters. The lowest BCUT2D eigenvalue weighted by Gasteiger charge is -2.15. The zero-order valence-electron chi connectivity index (χ0n) is 17.7. The Labute approximate surface area is 176 Å². The number of hydrogen-bond donors (Lipinski definition) is 1. The lowest BCUT2D eigenvalue weighted by molar-refractivity contribution is -0.115. The summed E-state index contributed by atoms with van der Waals surface area (Å²) in [7, 11) is 0. The Balaban J connectivity index is 1.80. The van der Waals surface area contributed by atoms with E-state index in [1.54, 1.807) is 0 Å². The first-order valence-corrected chi connectivity index (χ1v) is 10.8. The van der Waals surface area contributed by atoms with Crippen molar-refractivity contribution in [1.29, 1.82) is 0 Å². The minimum Gasteiger partial charge on any atom is -0.325 e. The quantitative estimate of drug-likeness (QED) is 0.532. The molecular weight excluding hydrogens is 380 g/mol. The summed E-state index contributed by atoms with van der Waals surface area (Å²) in [5, 5.41) is 12.4. The van der Waals surface area contributed by atoms with Gasteiger partial charge in [0.1, 0.15) is 0 Å². The normalized spacial score (nSPS) is 12.0. The monoisotopic (exact) mass is 408 g/mol. The lowest BCUT2D eigenvalue weighted by atomic mass is 10.1. The highest BCUT2D eigenvalue weighted by atomic mass is 32.2. The molecule has 3 rings (SSSR count). The summed E-state index contributed by atoms with van der Waals surface area (Å²) in [6.07, 6.45) is 0.966. The van der Waals surface area contributed by atoms with E-state index in [1.807, 2.05) is 51.1 Å². The average molecular weight is 409 g/mol. The topological polar surface area (TPSA) is 59.8 Å². The number of amides is 1. The maximum atomic E-state index is 12.8. The van der Waals surface area contributed by atoms with E-state index in [2.05, 4.69) is 46.1 Å². The number of thioether (sulfide) groups is 1. The number of nitrogens with zero attached hydrogens (tertiary/aromatic N) is 3. The summed E-state index contributed by atoms with van der Waals surface area (Å²) in [4.78, 5) is 12.8. The summed E-state index contributed by atoms with van der Waals surface area (Å²) in [6, 6.07) is 14.3. The molecule has 0 radical (unpaired) electrons. The standard InChI is InChI=1S/C23H28N4OS/c1-6-12-27-21(19-9-7-8-15(2)13-19)25-26-23(27)29-18(5)22(28)24-20-14-16(3)10-11-17(20)4/h7-11,13-14,18H,6,12H2,1-5H3,(H,24,28)/t18-/m0/s1. The first kappa shape index (κ1) is 21.1. The Kier molecular flexibility index (Phi) is 6.75. The predicted molar refractivity (Wildman–Crippen MR) is 120 cm³/mol. The van der Waals surface area contributed by atoms with Gasteiger partial charge in [-0.2, -0.15) is 0 Å². The van der Waals surface area contributed by atoms with E-state index in [-0.39, 0.29) is 11.2 Å². The number of carbonyl (C=O) groups is 1. The van der Waals surface area contributed by atoms with Gasteiger partial charge < -0.3 is 9.88 Å². The number of rotatable bonds is 7. The SMILES string of the molecule is CCCn1c(S[C@@H](C)C(=O)Nc2cc(C)ccc2C)nnc1-c1cccc(C)c1. The molecule has 0 fully saturated rings. The Morgan fingerprint density at radius 3 is 2.59 bits per heavy atom. The molecule has 0 bridgehead atoms. The van der Waals surface area contributed by atoms with Gasteiger partial charge in [-0.3, -0.25) is 4.79 Å². The molecule has 0 aliphatic carbocycles. The molecule has 5 nitrogen and oxygen atoms in total. The zero-order valence-corrected chi connectivity index (χ0v) is 18.5. The zero-order chi connectivity index (χ0) is 21.0. The first-order valence-electron chi connectivity index (χ1n) is 9.94. The number of anilines is 1. The largest absolute Gasteiger partial charge is 0.325 e. The third-order valence-electron chi connectivity index (χ3n) is 4.74. The van der Waals surface area contributed by atoms with Gasteiger partial charge in [-0.05, 0) is 57.4 Å². The van der Waals surface area contributed by atoms with Crippen LogP contribution in [0.15, 0.2) is 47.6 Å². The number of aromatic nitrogens is 3. The molecule has 1 heterocycles. The van der Waals surface area contributed by atoms with E-state index >= 15 is 0 Å². The number of nitrogens with one attached hydrogen (secondary N) is 1. The maximum absolute atomic E-state index is 12.8. The molecule has 1 N–H and O–H groups in total. The van der Waals surface area contributed by atoms with E-state index in [4.69, 9.17) is 0 Å². The van der Waals surface area contributed by atoms with E-state index < -0.39 is 0 Å². The van der Waals surface area contributed by atoms with Gasteiger partial charge in [-0.25, -0.2) is 0 Å². The second-order valence-electron chi connectivity index (χ2n) is 7.40. The van der Waals surface area contributed by atoms with Gasteiger partial charge in [0.2, 0.25) is 5.91 Å². The number of aryl methyl sites for hydroxylation is 3. The van der Waals surface area contributed by atoms with E-state index in [0.29, 0.717) is 0 Å². The second kappa shape index (κ2) is 9.27. The molecule has 0 saturated heterocycles. The van der Waals surface area contributed by atoms with Crippen molar-refractivity contribution >= 4 is 23.4 Å². The molecule has 0 aliphatic heterocycles. The minimum absolute atomic E-state index is 0.0353. The Morgan fingerprint density at radius 1 is 1.10 bits per heavy atom. The van der Waals surface area contributed by atoms with Crippen molar-refractivity contribution in [2.75, 3.05) is 5.32 Å². The number of benzene rings is 2. The molecule has 1 aromatic heterocycles. The van der Waals surface area contributed by atoms with Gasteiger partial charge in [0.15, 0.2) is 11.0 Å². The van der Waals surface area contributed by atoms with E-state index in [9.17, 15) is 4.79 Å². The fraction of sp³-hybridized carbons (Fsp3) is 0.348. The average Bonchev–Trinajstić information content (AvgIpc) is 3.07. The number of hydrogen-bond acceptors (Lipinski definition) is 4. The van der Waals surface area contributed by atoms with Crippen molar-refractivity contribution in [2.24, 2.45) is 0 Å². The molecule has 1 amide bonds. The number of carbonyl (C=O) groups excluding carboxylic acids is 1. The summed E-state index contributed by atoms with van der Waals surface area (Å²) in [6.45, 7) is 10.9. The fourth-order valence-electron chi connectivity index (χ4n) is 3.12. The van der Waals surface area contributed by atoms with E-state index in [0.717, 1.165) is 46.3 Å². The molecule has 0 spiro atoms. The fourth-order valence-corrected chi connectivity index (χ4v) is 3.99. The molecule has 2 aromatic carbocycles. The van der Waals surface area contributed by atoms with Crippen LogP contribution >= 0.6 is 11.8 Å². The van der Waals surface area contributed by atoms with Crippen LogP contribution in [0.4, 0.5) is 5.69 Å². The molecule has 3 aromatic rings. The molecule has 0 unspecified atom stereocenters. The second-order valence-corrected chi connectivity index (χ2v) is 8.70. The highest BCUT2D eigenvalue weighted by Crippen LogP contribution is 2.28. The minimum atomic E-state index is -0.292. The van der Waals surface area contributed by atoms with Crippen molar-refractivity contribution < 1.29 is 4.79 Å². The van der Waals surface area contributed by atoms with Crippen LogP contribution in [0.2, 0.25) is 0 Å². The van der Waals surface area contributed by atoms with Crippen molar-refractivity contribution in [3.8, 4) is 11.4 Å². The highest BCUT2D eigenvalue weighted by Gasteiger charge is 2.21. The summed E-state index contributed by atoms with van der Waals surface area (Å²) < 4.78 is 2.11. The Morgan fingerprint density at radius 2 is 1.86 bits per heavy atom. The van der Waals surface area contributed by atoms with Crippen molar-refractivity contribution in [3.05, 3.63) is 59.2 Å². The van der Waals surface area contributed by atoms with Crippen molar-refractivity contribution in [3.63, 3.8) is 0 Å². The van der Waals surface area contributed by atoms with Gasteiger partial charge in [-0.1, -0.05) is 54.6 Å². The molecule has 0 aliphatic rings. The summed E-state index contributed by atoms with van der Waals surface area (Å²) in [5.41, 5.74) is 5.26. The van der Waals surface area contributed by atoms with Crippen LogP contribution in [-0.4, -0.2) is 25.9 Å². The Bertz CT molecular complexity index is 1010. The summed E-state index contributed by atoms with van der Waals surface area (Å²) >= 11 is 1.44. The van der Waals surface area contributed by atoms with Gasteiger partial charge >= 0.3 is 0 Å². The van der Waals surface area contributed by atoms with Crippen molar-refractivity contribution in [1.82, 2.24) is 14.8 Å². The molecule has 152 valence electrons. The molecule has 0 saturated carbocycles. The van der Waals surface area contributed by atoms with Crippen LogP contribution < -0.4 is 5.32 Å². The van der Waals surface area contributed by atoms with Gasteiger partial charge in [-0.15, -0.1) is 10.2 Å². The first-order chi connectivity index (χ1) is 13.9. The van der Waals surface area contributed by atoms with Crippen molar-refractivity contribution in [2.45, 2.75) is 58.0 Å². The smallest absolute Gasteiger partial charge is 0.237 e. The third-order valence-corrected chi connectivity index (χ3v) is 5.82. The van der Waals surface area contributed by atoms with Crippen LogP contribution in [0.5, 0.6) is 0 Å². The van der Waals surface area contributed by atoms with Gasteiger partial charge in [0.05, 0.1) is 5.25 Å². The van der Waals surface area contributed by atoms with E-state index in [1.165, 1.54) is 17.3 Å². The molecule has 6 heteroatoms. The summed E-state index contributed by atoms with van der Waals surface area (Å²) in [5.74, 6) is 0.812. The highest BCUT2D eigenvalue weighted by molar-refractivity contribution is 8.00. The predicted octanol–water partition coefficient (Wildman–Crippen LogP) is 5.40. The van der Waals surface area contributed by atoms with Crippen LogP contribution in [0.25, 0.3) is 11.4 Å². The van der Waals surface area contributed by atoms with Gasteiger partial charge in [0, 0.05) is 17.8 Å². The van der Waals surface area contributed by atoms with Crippen LogP contribution in [-0.2, 0) is 11.3 Å². The van der Waals surface area contributed by atoms with Crippen LogP contribution in [0.1, 0.15) is 37.0 Å². The molecule has 29 heavy (non-hydrogen) atoms. The van der Waals surface area contributed by atoms with Crippen LogP contribution in [0, 0.1) is 20.8 Å². The maximum Gasteiger partial charge on any atom is 0.237 e. The lowest BCUT2D eigenvalue weighted by Crippen LogP contribution is -2.23.